The van der Waals surface area contributed by atoms with Crippen LogP contribution in [0, 0.1) is 0 Å². The highest BCUT2D eigenvalue weighted by Crippen LogP contribution is 2.28. The third-order valence-electron chi connectivity index (χ3n) is 5.19. The fourth-order valence-electron chi connectivity index (χ4n) is 3.39. The SMILES string of the molecule is COc1ccc(NC(=O)COc2ccc(/C=C3/C(=O)NC(=O)N(c4ccc(Cl)cc4)C3=O)cc2Cl)cc1. The lowest BCUT2D eigenvalue weighted by molar-refractivity contribution is -0.122. The van der Waals surface area contributed by atoms with E-state index >= 15 is 0 Å². The highest BCUT2D eigenvalue weighted by molar-refractivity contribution is 6.39. The quantitative estimate of drug-likeness (QED) is 0.332. The molecule has 1 fully saturated rings. The standard InChI is InChI=1S/C26H19Cl2N3O6/c1-36-19-9-5-17(6-10-19)29-23(32)14-37-22-11-2-15(13-21(22)28)12-20-24(33)30-26(35)31(25(20)34)18-7-3-16(27)4-8-18/h2-13H,14H2,1H3,(H,29,32)(H,30,33,35)/b20-12-. The third kappa shape index (κ3) is 6.08. The Bertz CT molecular complexity index is 1400. The molecule has 0 aliphatic carbocycles. The number of nitrogens with one attached hydrogen (secondary N) is 2. The summed E-state index contributed by atoms with van der Waals surface area (Å²) >= 11 is 12.2. The van der Waals surface area contributed by atoms with Gasteiger partial charge in [-0.25, -0.2) is 9.69 Å². The molecular formula is C26H19Cl2N3O6. The minimum Gasteiger partial charge on any atom is -0.497 e. The number of barbiturate groups is 1. The maximum absolute atomic E-state index is 13.0. The Labute approximate surface area is 221 Å². The summed E-state index contributed by atoms with van der Waals surface area (Å²) in [5, 5.41) is 5.41. The number of ether oxygens (including phenoxy) is 2. The summed E-state index contributed by atoms with van der Waals surface area (Å²) in [4.78, 5) is 50.7. The predicted molar refractivity (Wildman–Crippen MR) is 139 cm³/mol. The molecule has 3 aromatic carbocycles. The highest BCUT2D eigenvalue weighted by Gasteiger charge is 2.36. The lowest BCUT2D eigenvalue weighted by Crippen LogP contribution is -2.54. The Balaban J connectivity index is 1.45. The summed E-state index contributed by atoms with van der Waals surface area (Å²) in [7, 11) is 1.55. The van der Waals surface area contributed by atoms with Gasteiger partial charge in [-0.3, -0.25) is 19.7 Å². The molecule has 2 N–H and O–H groups in total. The number of halogens is 2. The fourth-order valence-corrected chi connectivity index (χ4v) is 3.76. The van der Waals surface area contributed by atoms with Crippen LogP contribution in [0.25, 0.3) is 6.08 Å². The molecule has 1 aliphatic rings. The molecule has 3 aromatic rings. The number of carbonyl (C=O) groups is 4. The van der Waals surface area contributed by atoms with Crippen LogP contribution in [0.15, 0.2) is 72.3 Å². The van der Waals surface area contributed by atoms with E-state index in [4.69, 9.17) is 32.7 Å². The average Bonchev–Trinajstić information content (AvgIpc) is 2.87. The molecule has 5 amide bonds. The minimum absolute atomic E-state index is 0.154. The predicted octanol–water partition coefficient (Wildman–Crippen LogP) is 4.69. The van der Waals surface area contributed by atoms with Crippen LogP contribution in [-0.4, -0.2) is 37.5 Å². The average molecular weight is 540 g/mol. The monoisotopic (exact) mass is 539 g/mol. The first-order valence-electron chi connectivity index (χ1n) is 10.8. The molecule has 1 aliphatic heterocycles. The molecule has 37 heavy (non-hydrogen) atoms. The van der Waals surface area contributed by atoms with Crippen molar-refractivity contribution >= 4 is 64.4 Å². The van der Waals surface area contributed by atoms with Crippen molar-refractivity contribution in [2.24, 2.45) is 0 Å². The van der Waals surface area contributed by atoms with Crippen molar-refractivity contribution in [3.8, 4) is 11.5 Å². The number of anilines is 2. The maximum atomic E-state index is 13.0. The lowest BCUT2D eigenvalue weighted by atomic mass is 10.1. The number of amides is 5. The Morgan fingerprint density at radius 1 is 1.00 bits per heavy atom. The second kappa shape index (κ2) is 11.2. The molecule has 188 valence electrons. The van der Waals surface area contributed by atoms with E-state index in [1.165, 1.54) is 42.5 Å². The largest absolute Gasteiger partial charge is 0.497 e. The van der Waals surface area contributed by atoms with E-state index in [9.17, 15) is 19.2 Å². The zero-order valence-electron chi connectivity index (χ0n) is 19.3. The smallest absolute Gasteiger partial charge is 0.335 e. The number of nitrogens with zero attached hydrogens (tertiary/aromatic N) is 1. The van der Waals surface area contributed by atoms with Crippen molar-refractivity contribution in [2.45, 2.75) is 0 Å². The number of hydrogen-bond donors (Lipinski definition) is 2. The number of hydrogen-bond acceptors (Lipinski definition) is 6. The molecule has 11 heteroatoms. The van der Waals surface area contributed by atoms with Gasteiger partial charge in [0.2, 0.25) is 0 Å². The van der Waals surface area contributed by atoms with Crippen molar-refractivity contribution in [1.82, 2.24) is 5.32 Å². The lowest BCUT2D eigenvalue weighted by Gasteiger charge is -2.26. The van der Waals surface area contributed by atoms with Gasteiger partial charge in [0.15, 0.2) is 6.61 Å². The van der Waals surface area contributed by atoms with Crippen molar-refractivity contribution in [3.05, 3.63) is 87.9 Å². The first-order chi connectivity index (χ1) is 17.7. The van der Waals surface area contributed by atoms with Gasteiger partial charge in [0.1, 0.15) is 17.1 Å². The Morgan fingerprint density at radius 3 is 2.35 bits per heavy atom. The van der Waals surface area contributed by atoms with Crippen LogP contribution in [0.5, 0.6) is 11.5 Å². The van der Waals surface area contributed by atoms with Gasteiger partial charge in [0.05, 0.1) is 17.8 Å². The Hall–Kier alpha value is -4.34. The van der Waals surface area contributed by atoms with Crippen LogP contribution >= 0.6 is 23.2 Å². The maximum Gasteiger partial charge on any atom is 0.335 e. The number of methoxy groups -OCH3 is 1. The minimum atomic E-state index is -0.871. The molecule has 0 atom stereocenters. The first kappa shape index (κ1) is 25.7. The topological polar surface area (TPSA) is 114 Å². The number of benzene rings is 3. The van der Waals surface area contributed by atoms with Gasteiger partial charge < -0.3 is 14.8 Å². The van der Waals surface area contributed by atoms with Crippen LogP contribution in [0.1, 0.15) is 5.56 Å². The van der Waals surface area contributed by atoms with E-state index in [-0.39, 0.29) is 28.6 Å². The summed E-state index contributed by atoms with van der Waals surface area (Å²) in [5.41, 5.74) is 0.964. The third-order valence-corrected chi connectivity index (χ3v) is 5.73. The van der Waals surface area contributed by atoms with E-state index in [1.54, 1.807) is 37.4 Å². The Kier molecular flexibility index (Phi) is 7.76. The van der Waals surface area contributed by atoms with Crippen LogP contribution in [0.4, 0.5) is 16.2 Å². The molecule has 0 unspecified atom stereocenters. The van der Waals surface area contributed by atoms with Crippen molar-refractivity contribution in [3.63, 3.8) is 0 Å². The summed E-state index contributed by atoms with van der Waals surface area (Å²) in [5.74, 6) is -1.16. The molecule has 0 saturated carbocycles. The van der Waals surface area contributed by atoms with Crippen LogP contribution < -0.4 is 25.0 Å². The van der Waals surface area contributed by atoms with Gasteiger partial charge in [-0.05, 0) is 72.3 Å². The molecule has 0 aromatic heterocycles. The summed E-state index contributed by atoms with van der Waals surface area (Å²) in [6.45, 7) is -0.300. The molecule has 1 heterocycles. The molecule has 9 nitrogen and oxygen atoms in total. The van der Waals surface area contributed by atoms with Crippen LogP contribution in [0.3, 0.4) is 0 Å². The van der Waals surface area contributed by atoms with Gasteiger partial charge in [-0.2, -0.15) is 0 Å². The normalized spacial score (nSPS) is 14.4. The zero-order valence-corrected chi connectivity index (χ0v) is 20.8. The second-order valence-electron chi connectivity index (χ2n) is 7.69. The molecule has 0 radical (unpaired) electrons. The number of urea groups is 1. The van der Waals surface area contributed by atoms with Gasteiger partial charge in [0.25, 0.3) is 17.7 Å². The molecule has 0 bridgehead atoms. The zero-order chi connectivity index (χ0) is 26.5. The van der Waals surface area contributed by atoms with E-state index in [0.717, 1.165) is 4.90 Å². The van der Waals surface area contributed by atoms with Crippen molar-refractivity contribution < 1.29 is 28.7 Å². The summed E-state index contributed by atoms with van der Waals surface area (Å²) in [6.07, 6.45) is 1.30. The van der Waals surface area contributed by atoms with Crippen molar-refractivity contribution in [1.29, 1.82) is 0 Å². The van der Waals surface area contributed by atoms with Crippen LogP contribution in [-0.2, 0) is 14.4 Å². The van der Waals surface area contributed by atoms with Crippen LogP contribution in [0.2, 0.25) is 10.0 Å². The van der Waals surface area contributed by atoms with E-state index < -0.39 is 23.8 Å². The highest BCUT2D eigenvalue weighted by atomic mass is 35.5. The summed E-state index contributed by atoms with van der Waals surface area (Å²) < 4.78 is 10.6. The molecule has 1 saturated heterocycles. The summed E-state index contributed by atoms with van der Waals surface area (Å²) in [6, 6.07) is 16.5. The van der Waals surface area contributed by atoms with Gasteiger partial charge >= 0.3 is 6.03 Å². The van der Waals surface area contributed by atoms with Crippen molar-refractivity contribution in [2.75, 3.05) is 23.9 Å². The fraction of sp³-hybridized carbons (Fsp3) is 0.0769. The molecule has 0 spiro atoms. The van der Waals surface area contributed by atoms with Gasteiger partial charge in [0, 0.05) is 10.7 Å². The van der Waals surface area contributed by atoms with E-state index in [1.807, 2.05) is 0 Å². The van der Waals surface area contributed by atoms with Gasteiger partial charge in [-0.15, -0.1) is 0 Å². The molecular weight excluding hydrogens is 521 g/mol. The van der Waals surface area contributed by atoms with E-state index in [0.29, 0.717) is 22.0 Å². The number of rotatable bonds is 7. The first-order valence-corrected chi connectivity index (χ1v) is 11.5. The van der Waals surface area contributed by atoms with E-state index in [2.05, 4.69) is 10.6 Å². The second-order valence-corrected chi connectivity index (χ2v) is 8.53. The molecule has 4 rings (SSSR count). The Morgan fingerprint density at radius 2 is 1.70 bits per heavy atom. The van der Waals surface area contributed by atoms with Gasteiger partial charge in [-0.1, -0.05) is 29.3 Å². The number of carbonyl (C=O) groups excluding carboxylic acids is 4. The number of imide groups is 2.